The highest BCUT2D eigenvalue weighted by molar-refractivity contribution is 5.76. The smallest absolute Gasteiger partial charge is 0.222 e. The SMILES string of the molecule is CC(=O)NCCCCCC(=O)N1CCCN(CCO)CC1. The van der Waals surface area contributed by atoms with Crippen molar-refractivity contribution in [2.75, 3.05) is 45.9 Å². The zero-order chi connectivity index (χ0) is 15.5. The van der Waals surface area contributed by atoms with Crippen LogP contribution in [0.1, 0.15) is 39.0 Å². The summed E-state index contributed by atoms with van der Waals surface area (Å²) in [6, 6.07) is 0. The van der Waals surface area contributed by atoms with Crippen LogP contribution in [0, 0.1) is 0 Å². The Bertz CT molecular complexity index is 323. The van der Waals surface area contributed by atoms with Gasteiger partial charge in [-0.1, -0.05) is 6.42 Å². The highest BCUT2D eigenvalue weighted by atomic mass is 16.3. The Morgan fingerprint density at radius 1 is 1.10 bits per heavy atom. The van der Waals surface area contributed by atoms with Gasteiger partial charge >= 0.3 is 0 Å². The van der Waals surface area contributed by atoms with E-state index in [0.717, 1.165) is 51.9 Å². The van der Waals surface area contributed by atoms with Crippen molar-refractivity contribution in [1.29, 1.82) is 0 Å². The fraction of sp³-hybridized carbons (Fsp3) is 0.867. The van der Waals surface area contributed by atoms with Gasteiger partial charge in [0.05, 0.1) is 6.61 Å². The van der Waals surface area contributed by atoms with Gasteiger partial charge in [0, 0.05) is 46.1 Å². The second kappa shape index (κ2) is 10.6. The molecule has 122 valence electrons. The predicted octanol–water partition coefficient (Wildman–Crippen LogP) is 0.210. The molecule has 0 aliphatic carbocycles. The minimum absolute atomic E-state index is 0.00285. The fourth-order valence-electron chi connectivity index (χ4n) is 2.59. The molecule has 21 heavy (non-hydrogen) atoms. The lowest BCUT2D eigenvalue weighted by atomic mass is 10.1. The molecule has 1 saturated heterocycles. The quantitative estimate of drug-likeness (QED) is 0.629. The van der Waals surface area contributed by atoms with Crippen molar-refractivity contribution in [3.63, 3.8) is 0 Å². The average Bonchev–Trinajstić information content (AvgIpc) is 2.68. The molecule has 1 heterocycles. The normalized spacial score (nSPS) is 16.6. The van der Waals surface area contributed by atoms with E-state index in [4.69, 9.17) is 5.11 Å². The van der Waals surface area contributed by atoms with Gasteiger partial charge < -0.3 is 15.3 Å². The van der Waals surface area contributed by atoms with Crippen molar-refractivity contribution in [1.82, 2.24) is 15.1 Å². The van der Waals surface area contributed by atoms with E-state index in [1.807, 2.05) is 4.90 Å². The Hall–Kier alpha value is -1.14. The molecule has 6 nitrogen and oxygen atoms in total. The topological polar surface area (TPSA) is 72.9 Å². The summed E-state index contributed by atoms with van der Waals surface area (Å²) in [4.78, 5) is 27.0. The largest absolute Gasteiger partial charge is 0.395 e. The lowest BCUT2D eigenvalue weighted by Gasteiger charge is -2.21. The van der Waals surface area contributed by atoms with Crippen molar-refractivity contribution >= 4 is 11.8 Å². The monoisotopic (exact) mass is 299 g/mol. The molecule has 6 heteroatoms. The van der Waals surface area contributed by atoms with Gasteiger partial charge in [-0.25, -0.2) is 0 Å². The third-order valence-electron chi connectivity index (χ3n) is 3.80. The molecular weight excluding hydrogens is 270 g/mol. The lowest BCUT2D eigenvalue weighted by Crippen LogP contribution is -2.35. The third-order valence-corrected chi connectivity index (χ3v) is 3.80. The highest BCUT2D eigenvalue weighted by Crippen LogP contribution is 2.07. The zero-order valence-electron chi connectivity index (χ0n) is 13.1. The Kier molecular flexibility index (Phi) is 9.01. The second-order valence-corrected chi connectivity index (χ2v) is 5.59. The fourth-order valence-corrected chi connectivity index (χ4v) is 2.59. The van der Waals surface area contributed by atoms with Crippen molar-refractivity contribution in [2.45, 2.75) is 39.0 Å². The predicted molar refractivity (Wildman–Crippen MR) is 81.9 cm³/mol. The Balaban J connectivity index is 2.12. The van der Waals surface area contributed by atoms with Gasteiger partial charge in [0.15, 0.2) is 0 Å². The molecule has 2 N–H and O–H groups in total. The molecule has 0 aromatic carbocycles. The summed E-state index contributed by atoms with van der Waals surface area (Å²) >= 11 is 0. The molecule has 0 aromatic heterocycles. The van der Waals surface area contributed by atoms with Crippen LogP contribution in [0.15, 0.2) is 0 Å². The van der Waals surface area contributed by atoms with E-state index in [9.17, 15) is 9.59 Å². The first-order chi connectivity index (χ1) is 10.1. The molecule has 0 aromatic rings. The third kappa shape index (κ3) is 8.02. The summed E-state index contributed by atoms with van der Waals surface area (Å²) < 4.78 is 0. The number of nitrogens with zero attached hydrogens (tertiary/aromatic N) is 2. The second-order valence-electron chi connectivity index (χ2n) is 5.59. The summed E-state index contributed by atoms with van der Waals surface area (Å²) in [5, 5.41) is 11.7. The summed E-state index contributed by atoms with van der Waals surface area (Å²) in [5.74, 6) is 0.239. The molecule has 0 bridgehead atoms. The van der Waals surface area contributed by atoms with E-state index in [0.29, 0.717) is 19.5 Å². The minimum atomic E-state index is 0.00285. The first-order valence-corrected chi connectivity index (χ1v) is 7.99. The number of hydrogen-bond acceptors (Lipinski definition) is 4. The highest BCUT2D eigenvalue weighted by Gasteiger charge is 2.18. The van der Waals surface area contributed by atoms with Gasteiger partial charge in [0.2, 0.25) is 11.8 Å². The van der Waals surface area contributed by atoms with Crippen LogP contribution in [-0.4, -0.2) is 72.6 Å². The maximum atomic E-state index is 12.1. The average molecular weight is 299 g/mol. The molecule has 0 unspecified atom stereocenters. The minimum Gasteiger partial charge on any atom is -0.395 e. The maximum Gasteiger partial charge on any atom is 0.222 e. The summed E-state index contributed by atoms with van der Waals surface area (Å²) in [6.45, 7) is 6.51. The van der Waals surface area contributed by atoms with Gasteiger partial charge in [-0.05, 0) is 25.8 Å². The van der Waals surface area contributed by atoms with Gasteiger partial charge in [-0.3, -0.25) is 14.5 Å². The lowest BCUT2D eigenvalue weighted by molar-refractivity contribution is -0.131. The van der Waals surface area contributed by atoms with Crippen molar-refractivity contribution < 1.29 is 14.7 Å². The van der Waals surface area contributed by atoms with Crippen molar-refractivity contribution in [2.24, 2.45) is 0 Å². The number of unbranched alkanes of at least 4 members (excludes halogenated alkanes) is 2. The van der Waals surface area contributed by atoms with Gasteiger partial charge in [0.1, 0.15) is 0 Å². The molecule has 0 spiro atoms. The van der Waals surface area contributed by atoms with Crippen LogP contribution in [0.3, 0.4) is 0 Å². The van der Waals surface area contributed by atoms with Crippen LogP contribution in [0.2, 0.25) is 0 Å². The molecule has 2 amide bonds. The van der Waals surface area contributed by atoms with Crippen LogP contribution in [0.5, 0.6) is 0 Å². The molecule has 0 atom stereocenters. The number of aliphatic hydroxyl groups excluding tert-OH is 1. The number of hydrogen-bond donors (Lipinski definition) is 2. The number of nitrogens with one attached hydrogen (secondary N) is 1. The number of carbonyl (C=O) groups is 2. The van der Waals surface area contributed by atoms with E-state index in [2.05, 4.69) is 10.2 Å². The van der Waals surface area contributed by atoms with Crippen LogP contribution in [-0.2, 0) is 9.59 Å². The Labute approximate surface area is 127 Å². The molecule has 1 aliphatic rings. The number of rotatable bonds is 8. The number of β-amino-alcohol motifs (C(OH)–C–C–N with tert-alkyl or cyclic N) is 1. The van der Waals surface area contributed by atoms with Gasteiger partial charge in [0.25, 0.3) is 0 Å². The molecule has 1 fully saturated rings. The summed E-state index contributed by atoms with van der Waals surface area (Å²) in [7, 11) is 0. The maximum absolute atomic E-state index is 12.1. The van der Waals surface area contributed by atoms with E-state index in [-0.39, 0.29) is 18.4 Å². The van der Waals surface area contributed by atoms with Crippen LogP contribution in [0.25, 0.3) is 0 Å². The van der Waals surface area contributed by atoms with Gasteiger partial charge in [-0.15, -0.1) is 0 Å². The molecule has 0 saturated carbocycles. The van der Waals surface area contributed by atoms with E-state index in [1.54, 1.807) is 0 Å². The van der Waals surface area contributed by atoms with E-state index < -0.39 is 0 Å². The summed E-state index contributed by atoms with van der Waals surface area (Å²) in [6.07, 6.45) is 4.36. The first kappa shape index (κ1) is 17.9. The Morgan fingerprint density at radius 2 is 1.90 bits per heavy atom. The number of carbonyl (C=O) groups excluding carboxylic acids is 2. The van der Waals surface area contributed by atoms with E-state index in [1.165, 1.54) is 6.92 Å². The van der Waals surface area contributed by atoms with Crippen molar-refractivity contribution in [3.05, 3.63) is 0 Å². The zero-order valence-corrected chi connectivity index (χ0v) is 13.1. The van der Waals surface area contributed by atoms with Crippen molar-refractivity contribution in [3.8, 4) is 0 Å². The van der Waals surface area contributed by atoms with Crippen LogP contribution >= 0.6 is 0 Å². The molecule has 0 radical (unpaired) electrons. The summed E-state index contributed by atoms with van der Waals surface area (Å²) in [5.41, 5.74) is 0. The molecule has 1 aliphatic heterocycles. The van der Waals surface area contributed by atoms with Gasteiger partial charge in [-0.2, -0.15) is 0 Å². The number of amides is 2. The first-order valence-electron chi connectivity index (χ1n) is 7.99. The number of aliphatic hydroxyl groups is 1. The Morgan fingerprint density at radius 3 is 2.62 bits per heavy atom. The van der Waals surface area contributed by atoms with Crippen LogP contribution < -0.4 is 5.32 Å². The molecular formula is C15H29N3O3. The van der Waals surface area contributed by atoms with E-state index >= 15 is 0 Å². The standard InChI is InChI=1S/C15H29N3O3/c1-14(20)16-7-4-2-3-6-15(21)18-9-5-8-17(10-11-18)12-13-19/h19H,2-13H2,1H3,(H,16,20). The van der Waals surface area contributed by atoms with Crippen LogP contribution in [0.4, 0.5) is 0 Å². The molecule has 1 rings (SSSR count).